The van der Waals surface area contributed by atoms with Crippen molar-refractivity contribution in [1.29, 1.82) is 0 Å². The highest BCUT2D eigenvalue weighted by Crippen LogP contribution is 2.30. The number of anilines is 1. The van der Waals surface area contributed by atoms with Crippen molar-refractivity contribution in [2.24, 2.45) is 10.5 Å². The molecule has 1 amide bonds. The Morgan fingerprint density at radius 3 is 2.52 bits per heavy atom. The van der Waals surface area contributed by atoms with Gasteiger partial charge in [-0.15, -0.1) is 0 Å². The van der Waals surface area contributed by atoms with Gasteiger partial charge < -0.3 is 15.2 Å². The molecule has 134 valence electrons. The third kappa shape index (κ3) is 3.82. The van der Waals surface area contributed by atoms with Gasteiger partial charge in [0.2, 0.25) is 0 Å². The van der Waals surface area contributed by atoms with Gasteiger partial charge in [0.25, 0.3) is 5.91 Å². The van der Waals surface area contributed by atoms with E-state index in [1.807, 2.05) is 24.1 Å². The summed E-state index contributed by atoms with van der Waals surface area (Å²) in [5, 5.41) is 18.6. The first kappa shape index (κ1) is 17.4. The molecule has 1 fully saturated rings. The van der Waals surface area contributed by atoms with E-state index in [0.29, 0.717) is 31.6 Å². The molecule has 0 spiro atoms. The first-order chi connectivity index (χ1) is 12.0. The van der Waals surface area contributed by atoms with Crippen LogP contribution < -0.4 is 10.3 Å². The molecule has 3 rings (SSSR count). The zero-order valence-corrected chi connectivity index (χ0v) is 14.3. The number of benzene rings is 1. The third-order valence-electron chi connectivity index (χ3n) is 4.90. The molecule has 0 radical (unpaired) electrons. The number of carbonyl (C=O) groups is 2. The van der Waals surface area contributed by atoms with Crippen LogP contribution in [0.3, 0.4) is 0 Å². The number of ether oxygens (including phenoxy) is 1. The summed E-state index contributed by atoms with van der Waals surface area (Å²) in [4.78, 5) is 24.0. The van der Waals surface area contributed by atoms with Crippen LogP contribution in [0.1, 0.15) is 36.5 Å². The van der Waals surface area contributed by atoms with Crippen LogP contribution >= 0.6 is 0 Å². The van der Waals surface area contributed by atoms with E-state index in [1.54, 1.807) is 12.1 Å². The summed E-state index contributed by atoms with van der Waals surface area (Å²) in [5.74, 6) is -1.14. The van der Waals surface area contributed by atoms with Crippen molar-refractivity contribution in [3.8, 4) is 0 Å². The summed E-state index contributed by atoms with van der Waals surface area (Å²) in [5.41, 5.74) is 1.61. The smallest absolute Gasteiger partial charge is 0.311 e. The van der Waals surface area contributed by atoms with Crippen LogP contribution in [0.15, 0.2) is 29.4 Å². The Kier molecular flexibility index (Phi) is 5.03. The molecule has 7 nitrogen and oxygen atoms in total. The first-order valence-corrected chi connectivity index (χ1v) is 8.51. The minimum absolute atomic E-state index is 0.113. The molecule has 2 aliphatic heterocycles. The lowest BCUT2D eigenvalue weighted by Gasteiger charge is -2.33. The fourth-order valence-corrected chi connectivity index (χ4v) is 3.13. The van der Waals surface area contributed by atoms with Gasteiger partial charge in [-0.3, -0.25) is 14.6 Å². The molecule has 2 aliphatic rings. The number of carboxylic acids is 1. The molecule has 0 bridgehead atoms. The van der Waals surface area contributed by atoms with E-state index < -0.39 is 11.4 Å². The van der Waals surface area contributed by atoms with Crippen LogP contribution in [0.5, 0.6) is 0 Å². The molecule has 0 unspecified atom stereocenters. The van der Waals surface area contributed by atoms with E-state index in [1.165, 1.54) is 0 Å². The van der Waals surface area contributed by atoms with Crippen LogP contribution in [0, 0.1) is 5.41 Å². The molecule has 0 aliphatic carbocycles. The van der Waals surface area contributed by atoms with Crippen molar-refractivity contribution < 1.29 is 19.4 Å². The molecule has 25 heavy (non-hydrogen) atoms. The van der Waals surface area contributed by atoms with Crippen LogP contribution in [0.25, 0.3) is 0 Å². The zero-order chi connectivity index (χ0) is 17.9. The largest absolute Gasteiger partial charge is 0.481 e. The maximum atomic E-state index is 12.4. The summed E-state index contributed by atoms with van der Waals surface area (Å²) in [7, 11) is 0. The van der Waals surface area contributed by atoms with Gasteiger partial charge in [0, 0.05) is 44.0 Å². The van der Waals surface area contributed by atoms with E-state index in [9.17, 15) is 14.7 Å². The van der Waals surface area contributed by atoms with Crippen molar-refractivity contribution >= 4 is 23.3 Å². The van der Waals surface area contributed by atoms with Gasteiger partial charge in [-0.25, -0.2) is 0 Å². The summed E-state index contributed by atoms with van der Waals surface area (Å²) in [6.45, 7) is 3.78. The Morgan fingerprint density at radius 2 is 1.96 bits per heavy atom. The number of carboxylic acid groups (broad SMARTS) is 1. The van der Waals surface area contributed by atoms with E-state index in [4.69, 9.17) is 4.74 Å². The molecule has 2 N–H and O–H groups in total. The van der Waals surface area contributed by atoms with E-state index in [0.717, 1.165) is 24.4 Å². The Bertz CT molecular complexity index is 678. The predicted molar refractivity (Wildman–Crippen MR) is 94.0 cm³/mol. The normalized spacial score (nSPS) is 19.4. The van der Waals surface area contributed by atoms with Crippen LogP contribution in [0.4, 0.5) is 5.69 Å². The predicted octanol–water partition coefficient (Wildman–Crippen LogP) is 1.88. The minimum atomic E-state index is -0.935. The molecule has 1 saturated heterocycles. The summed E-state index contributed by atoms with van der Waals surface area (Å²) < 4.78 is 5.24. The Balaban J connectivity index is 1.62. The number of hydrazone groups is 1. The number of carbonyl (C=O) groups excluding carboxylic acids is 1. The Hall–Kier alpha value is -2.41. The quantitative estimate of drug-likeness (QED) is 0.850. The van der Waals surface area contributed by atoms with Crippen molar-refractivity contribution in [2.45, 2.75) is 26.2 Å². The number of rotatable bonds is 5. The van der Waals surface area contributed by atoms with Crippen molar-refractivity contribution in [3.63, 3.8) is 0 Å². The summed E-state index contributed by atoms with van der Waals surface area (Å²) >= 11 is 0. The van der Waals surface area contributed by atoms with Gasteiger partial charge >= 0.3 is 5.97 Å². The maximum Gasteiger partial charge on any atom is 0.311 e. The molecular weight excluding hydrogens is 322 g/mol. The third-order valence-corrected chi connectivity index (χ3v) is 4.90. The van der Waals surface area contributed by atoms with Crippen LogP contribution in [-0.2, 0) is 9.53 Å². The molecule has 0 aromatic heterocycles. The van der Waals surface area contributed by atoms with Gasteiger partial charge in [0.15, 0.2) is 0 Å². The van der Waals surface area contributed by atoms with Crippen LogP contribution in [0.2, 0.25) is 0 Å². The fraction of sp³-hybridized carbons (Fsp3) is 0.500. The second-order valence-corrected chi connectivity index (χ2v) is 6.64. The van der Waals surface area contributed by atoms with E-state index in [2.05, 4.69) is 10.4 Å². The fourth-order valence-electron chi connectivity index (χ4n) is 3.13. The number of hydrogen-bond donors (Lipinski definition) is 2. The number of nitrogens with zero attached hydrogens (tertiary/aromatic N) is 2. The molecule has 1 aromatic carbocycles. The Labute approximate surface area is 146 Å². The molecular formula is C18H23N3O4. The number of hydrogen-bond acceptors (Lipinski definition) is 5. The number of nitrogens with one attached hydrogen (secondary N) is 1. The highest BCUT2D eigenvalue weighted by molar-refractivity contribution is 5.95. The van der Waals surface area contributed by atoms with Gasteiger partial charge in [-0.1, -0.05) is 0 Å². The molecule has 2 heterocycles. The summed E-state index contributed by atoms with van der Waals surface area (Å²) in [6.07, 6.45) is 1.77. The molecule has 7 heteroatoms. The zero-order valence-electron chi connectivity index (χ0n) is 14.3. The SMILES string of the molecule is CC1=NN(c2ccc(C(=O)NCC3(C(=O)O)CCOCC3)cc2)CC1. The lowest BCUT2D eigenvalue weighted by molar-refractivity contribution is -0.154. The number of aliphatic carboxylic acids is 1. The van der Waals surface area contributed by atoms with Crippen molar-refractivity contribution in [2.75, 3.05) is 31.3 Å². The lowest BCUT2D eigenvalue weighted by atomic mass is 9.80. The van der Waals surface area contributed by atoms with Gasteiger partial charge in [-0.2, -0.15) is 5.10 Å². The summed E-state index contributed by atoms with van der Waals surface area (Å²) in [6, 6.07) is 7.20. The van der Waals surface area contributed by atoms with Gasteiger partial charge in [-0.05, 0) is 44.0 Å². The topological polar surface area (TPSA) is 91.2 Å². The minimum Gasteiger partial charge on any atom is -0.481 e. The van der Waals surface area contributed by atoms with Gasteiger partial charge in [0.1, 0.15) is 0 Å². The van der Waals surface area contributed by atoms with Crippen LogP contribution in [-0.4, -0.2) is 49.0 Å². The van der Waals surface area contributed by atoms with Gasteiger partial charge in [0.05, 0.1) is 11.1 Å². The standard InChI is InChI=1S/C18H23N3O4/c1-13-6-9-21(20-13)15-4-2-14(3-5-15)16(22)19-12-18(17(23)24)7-10-25-11-8-18/h2-5H,6-12H2,1H3,(H,19,22)(H,23,24). The molecule has 0 saturated carbocycles. The maximum absolute atomic E-state index is 12.4. The highest BCUT2D eigenvalue weighted by atomic mass is 16.5. The molecule has 0 atom stereocenters. The van der Waals surface area contributed by atoms with Crippen molar-refractivity contribution in [3.05, 3.63) is 29.8 Å². The van der Waals surface area contributed by atoms with E-state index in [-0.39, 0.29) is 12.5 Å². The Morgan fingerprint density at radius 1 is 1.28 bits per heavy atom. The number of amides is 1. The first-order valence-electron chi connectivity index (χ1n) is 8.51. The average Bonchev–Trinajstić information content (AvgIpc) is 3.07. The van der Waals surface area contributed by atoms with E-state index >= 15 is 0 Å². The average molecular weight is 345 g/mol. The van der Waals surface area contributed by atoms with Crippen molar-refractivity contribution in [1.82, 2.24) is 5.32 Å². The second kappa shape index (κ2) is 7.23. The lowest BCUT2D eigenvalue weighted by Crippen LogP contribution is -2.46. The molecule has 1 aromatic rings. The highest BCUT2D eigenvalue weighted by Gasteiger charge is 2.40. The second-order valence-electron chi connectivity index (χ2n) is 6.64. The monoisotopic (exact) mass is 345 g/mol.